The predicted octanol–water partition coefficient (Wildman–Crippen LogP) is 3.69. The molecule has 1 aliphatic heterocycles. The summed E-state index contributed by atoms with van der Waals surface area (Å²) < 4.78 is 0. The van der Waals surface area contributed by atoms with E-state index in [0.29, 0.717) is 12.1 Å². The van der Waals surface area contributed by atoms with E-state index in [2.05, 4.69) is 51.3 Å². The lowest BCUT2D eigenvalue weighted by atomic mass is 10.1. The van der Waals surface area contributed by atoms with Crippen molar-refractivity contribution in [1.29, 1.82) is 0 Å². The molecule has 0 radical (unpaired) electrons. The molecular formula is C26H32N4O2. The highest BCUT2D eigenvalue weighted by Gasteiger charge is 2.22. The van der Waals surface area contributed by atoms with Crippen LogP contribution in [0, 0.1) is 13.8 Å². The van der Waals surface area contributed by atoms with Gasteiger partial charge in [0.15, 0.2) is 0 Å². The van der Waals surface area contributed by atoms with Gasteiger partial charge in [0.2, 0.25) is 0 Å². The third-order valence-corrected chi connectivity index (χ3v) is 6.25. The lowest BCUT2D eigenvalue weighted by Gasteiger charge is -2.36. The van der Waals surface area contributed by atoms with Gasteiger partial charge < -0.3 is 15.2 Å². The Labute approximate surface area is 189 Å². The van der Waals surface area contributed by atoms with Gasteiger partial charge in [-0.25, -0.2) is 0 Å². The minimum Gasteiger partial charge on any atom is -0.369 e. The van der Waals surface area contributed by atoms with E-state index in [4.69, 9.17) is 0 Å². The fourth-order valence-corrected chi connectivity index (χ4v) is 4.48. The Kier molecular flexibility index (Phi) is 6.90. The maximum absolute atomic E-state index is 12.7. The second kappa shape index (κ2) is 10.0. The maximum atomic E-state index is 12.7. The molecule has 6 heteroatoms. The summed E-state index contributed by atoms with van der Waals surface area (Å²) in [5.41, 5.74) is 4.69. The van der Waals surface area contributed by atoms with E-state index in [1.807, 2.05) is 31.2 Å². The number of carbonyl (C=O) groups is 2. The Hall–Kier alpha value is -3.12. The first kappa shape index (κ1) is 22.1. The van der Waals surface area contributed by atoms with Crippen LogP contribution in [0.5, 0.6) is 0 Å². The maximum Gasteiger partial charge on any atom is 0.292 e. The highest BCUT2D eigenvalue weighted by atomic mass is 16.2. The van der Waals surface area contributed by atoms with E-state index in [1.54, 1.807) is 0 Å². The summed E-state index contributed by atoms with van der Waals surface area (Å²) in [6.45, 7) is 9.70. The molecule has 1 aliphatic rings. The Balaban J connectivity index is 1.17. The second-order valence-electron chi connectivity index (χ2n) is 8.63. The molecule has 3 aromatic rings. The van der Waals surface area contributed by atoms with E-state index in [1.165, 1.54) is 11.3 Å². The Bertz CT molecular complexity index is 1100. The van der Waals surface area contributed by atoms with E-state index < -0.39 is 11.7 Å². The molecule has 6 nitrogen and oxygen atoms in total. The zero-order valence-corrected chi connectivity index (χ0v) is 19.0. The standard InChI is InChI=1S/C26H32N4O2/c1-19-8-7-9-21(18-19)30-16-14-29(15-17-30)13-6-5-12-27-26(32)25(31)24-20(2)28-23-11-4-3-10-22(23)24/h3-4,7-11,18,28H,5-6,12-17H2,1-2H3,(H,27,32). The van der Waals surface area contributed by atoms with Crippen molar-refractivity contribution >= 4 is 28.3 Å². The highest BCUT2D eigenvalue weighted by molar-refractivity contribution is 6.45. The van der Waals surface area contributed by atoms with Gasteiger partial charge in [0.1, 0.15) is 0 Å². The number of piperazine rings is 1. The lowest BCUT2D eigenvalue weighted by molar-refractivity contribution is -0.117. The smallest absolute Gasteiger partial charge is 0.292 e. The number of rotatable bonds is 8. The van der Waals surface area contributed by atoms with Gasteiger partial charge in [-0.3, -0.25) is 14.5 Å². The van der Waals surface area contributed by atoms with E-state index in [-0.39, 0.29) is 0 Å². The molecular weight excluding hydrogens is 400 g/mol. The Morgan fingerprint density at radius 3 is 2.53 bits per heavy atom. The number of hydrogen-bond donors (Lipinski definition) is 2. The van der Waals surface area contributed by atoms with Gasteiger partial charge in [-0.1, -0.05) is 30.3 Å². The molecule has 32 heavy (non-hydrogen) atoms. The number of anilines is 1. The zero-order chi connectivity index (χ0) is 22.5. The van der Waals surface area contributed by atoms with Crippen molar-refractivity contribution in [2.45, 2.75) is 26.7 Å². The molecule has 168 valence electrons. The highest BCUT2D eigenvalue weighted by Crippen LogP contribution is 2.22. The number of aryl methyl sites for hydroxylation is 2. The molecule has 2 aromatic carbocycles. The van der Waals surface area contributed by atoms with Crippen LogP contribution < -0.4 is 10.2 Å². The van der Waals surface area contributed by atoms with Crippen LogP contribution in [-0.2, 0) is 4.79 Å². The number of para-hydroxylation sites is 1. The molecule has 0 saturated carbocycles. The molecule has 1 aromatic heterocycles. The van der Waals surface area contributed by atoms with E-state index in [9.17, 15) is 9.59 Å². The number of amides is 1. The van der Waals surface area contributed by atoms with Crippen LogP contribution in [0.15, 0.2) is 48.5 Å². The molecule has 1 saturated heterocycles. The SMILES string of the molecule is Cc1cccc(N2CCN(CCCCNC(=O)C(=O)c3c(C)[nH]c4ccccc34)CC2)c1. The summed E-state index contributed by atoms with van der Waals surface area (Å²) in [5, 5.41) is 3.61. The monoisotopic (exact) mass is 432 g/mol. The number of hydrogen-bond acceptors (Lipinski definition) is 4. The van der Waals surface area contributed by atoms with Crippen molar-refractivity contribution in [3.63, 3.8) is 0 Å². The number of aromatic amines is 1. The average molecular weight is 433 g/mol. The normalized spacial score (nSPS) is 14.6. The van der Waals surface area contributed by atoms with Crippen LogP contribution in [0.3, 0.4) is 0 Å². The van der Waals surface area contributed by atoms with Crippen LogP contribution in [0.25, 0.3) is 10.9 Å². The molecule has 0 aliphatic carbocycles. The Morgan fingerprint density at radius 2 is 1.75 bits per heavy atom. The topological polar surface area (TPSA) is 68.4 Å². The first-order valence-electron chi connectivity index (χ1n) is 11.5. The van der Waals surface area contributed by atoms with Gasteiger partial charge in [0.25, 0.3) is 11.7 Å². The quantitative estimate of drug-likeness (QED) is 0.324. The summed E-state index contributed by atoms with van der Waals surface area (Å²) in [4.78, 5) is 33.2. The summed E-state index contributed by atoms with van der Waals surface area (Å²) in [7, 11) is 0. The predicted molar refractivity (Wildman–Crippen MR) is 129 cm³/mol. The summed E-state index contributed by atoms with van der Waals surface area (Å²) >= 11 is 0. The van der Waals surface area contributed by atoms with Crippen LogP contribution in [0.1, 0.15) is 34.5 Å². The minimum absolute atomic E-state index is 0.466. The Morgan fingerprint density at radius 1 is 0.969 bits per heavy atom. The van der Waals surface area contributed by atoms with E-state index >= 15 is 0 Å². The number of nitrogens with zero attached hydrogens (tertiary/aromatic N) is 2. The lowest BCUT2D eigenvalue weighted by Crippen LogP contribution is -2.46. The van der Waals surface area contributed by atoms with Crippen molar-refractivity contribution in [2.24, 2.45) is 0 Å². The number of nitrogens with one attached hydrogen (secondary N) is 2. The van der Waals surface area contributed by atoms with Crippen molar-refractivity contribution in [3.8, 4) is 0 Å². The summed E-state index contributed by atoms with van der Waals surface area (Å²) in [6.07, 6.45) is 1.87. The van der Waals surface area contributed by atoms with Crippen molar-refractivity contribution in [1.82, 2.24) is 15.2 Å². The third-order valence-electron chi connectivity index (χ3n) is 6.25. The van der Waals surface area contributed by atoms with Crippen LogP contribution in [0.4, 0.5) is 5.69 Å². The number of carbonyl (C=O) groups excluding carboxylic acids is 2. The van der Waals surface area contributed by atoms with Crippen LogP contribution >= 0.6 is 0 Å². The van der Waals surface area contributed by atoms with Gasteiger partial charge in [0, 0.05) is 55.0 Å². The number of Topliss-reactive ketones (excluding diaryl/α,β-unsaturated/α-hetero) is 1. The average Bonchev–Trinajstić information content (AvgIpc) is 3.14. The molecule has 4 rings (SSSR count). The number of H-pyrrole nitrogens is 1. The molecule has 2 N–H and O–H groups in total. The summed E-state index contributed by atoms with van der Waals surface area (Å²) in [5.74, 6) is -0.989. The van der Waals surface area contributed by atoms with Crippen molar-refractivity contribution < 1.29 is 9.59 Å². The fraction of sp³-hybridized carbons (Fsp3) is 0.385. The van der Waals surface area contributed by atoms with Crippen LogP contribution in [0.2, 0.25) is 0 Å². The van der Waals surface area contributed by atoms with Crippen molar-refractivity contribution in [2.75, 3.05) is 44.2 Å². The van der Waals surface area contributed by atoms with Gasteiger partial charge >= 0.3 is 0 Å². The largest absolute Gasteiger partial charge is 0.369 e. The van der Waals surface area contributed by atoms with Crippen molar-refractivity contribution in [3.05, 3.63) is 65.4 Å². The minimum atomic E-state index is -0.523. The van der Waals surface area contributed by atoms with Gasteiger partial charge in [-0.2, -0.15) is 0 Å². The molecule has 1 fully saturated rings. The molecule has 1 amide bonds. The van der Waals surface area contributed by atoms with Gasteiger partial charge in [-0.15, -0.1) is 0 Å². The molecule has 0 spiro atoms. The first-order valence-corrected chi connectivity index (χ1v) is 11.5. The van der Waals surface area contributed by atoms with Gasteiger partial charge in [0.05, 0.1) is 5.56 Å². The molecule has 0 unspecified atom stereocenters. The zero-order valence-electron chi connectivity index (χ0n) is 19.0. The molecule has 2 heterocycles. The second-order valence-corrected chi connectivity index (χ2v) is 8.63. The first-order chi connectivity index (χ1) is 15.5. The summed E-state index contributed by atoms with van der Waals surface area (Å²) in [6, 6.07) is 16.3. The number of aromatic nitrogens is 1. The van der Waals surface area contributed by atoms with Crippen LogP contribution in [-0.4, -0.2) is 60.8 Å². The number of benzene rings is 2. The van der Waals surface area contributed by atoms with Gasteiger partial charge in [-0.05, 0) is 57.0 Å². The number of unbranched alkanes of at least 4 members (excludes halogenated alkanes) is 1. The number of ketones is 1. The molecule has 0 bridgehead atoms. The van der Waals surface area contributed by atoms with E-state index in [0.717, 1.165) is 62.2 Å². The fourth-order valence-electron chi connectivity index (χ4n) is 4.48. The third kappa shape index (κ3) is 5.02. The number of fused-ring (bicyclic) bond motifs is 1. The molecule has 0 atom stereocenters.